The molecule has 0 amide bonds. The Morgan fingerprint density at radius 1 is 1.37 bits per heavy atom. The van der Waals surface area contributed by atoms with Crippen LogP contribution >= 0.6 is 34.4 Å². The molecule has 1 heterocycles. The monoisotopic (exact) mass is 391 g/mol. The molecule has 19 heavy (non-hydrogen) atoms. The van der Waals surface area contributed by atoms with Crippen molar-refractivity contribution in [2.45, 2.75) is 44.5 Å². The Kier molecular flexibility index (Phi) is 5.75. The fraction of sp³-hybridized carbons (Fsp3) is 0.714. The van der Waals surface area contributed by atoms with Crippen molar-refractivity contribution in [2.75, 3.05) is 11.5 Å². The number of aryl methyl sites for hydroxylation is 1. The minimum absolute atomic E-state index is 0.0721. The zero-order valence-electron chi connectivity index (χ0n) is 12.3. The topological polar surface area (TPSA) is 41.6 Å². The maximum absolute atomic E-state index is 9.30. The summed E-state index contributed by atoms with van der Waals surface area (Å²) >= 11 is 4.27. The quantitative estimate of drug-likeness (QED) is 0.429. The van der Waals surface area contributed by atoms with Crippen molar-refractivity contribution < 1.29 is 0 Å². The van der Waals surface area contributed by atoms with Gasteiger partial charge in [0.1, 0.15) is 5.82 Å². The second-order valence-corrected chi connectivity index (χ2v) is 10.1. The van der Waals surface area contributed by atoms with Crippen LogP contribution in [0.1, 0.15) is 46.1 Å². The van der Waals surface area contributed by atoms with Gasteiger partial charge in [-0.15, -0.1) is 0 Å². The molecule has 0 atom stereocenters. The van der Waals surface area contributed by atoms with Gasteiger partial charge in [0.2, 0.25) is 0 Å². The Labute approximate surface area is 134 Å². The minimum atomic E-state index is -0.0721. The smallest absolute Gasteiger partial charge is 0.190 e. The SMILES string of the molecule is CC(C)(C)CSCCc1ncc(C(C)(C)I)n1C#N. The van der Waals surface area contributed by atoms with Gasteiger partial charge >= 0.3 is 0 Å². The molecule has 0 unspecified atom stereocenters. The van der Waals surface area contributed by atoms with Gasteiger partial charge in [-0.25, -0.2) is 9.55 Å². The van der Waals surface area contributed by atoms with E-state index in [0.717, 1.165) is 29.4 Å². The molecule has 0 fully saturated rings. The number of imidazole rings is 1. The zero-order chi connectivity index (χ0) is 14.7. The maximum atomic E-state index is 9.30. The molecule has 0 spiro atoms. The highest BCUT2D eigenvalue weighted by Gasteiger charge is 2.23. The number of nitriles is 1. The Hall–Kier alpha value is -0.220. The molecule has 1 aromatic heterocycles. The summed E-state index contributed by atoms with van der Waals surface area (Å²) in [6, 6.07) is 0. The highest BCUT2D eigenvalue weighted by molar-refractivity contribution is 14.1. The van der Waals surface area contributed by atoms with Gasteiger partial charge in [0, 0.05) is 12.2 Å². The van der Waals surface area contributed by atoms with Gasteiger partial charge in [-0.2, -0.15) is 17.0 Å². The van der Waals surface area contributed by atoms with Gasteiger partial charge < -0.3 is 0 Å². The third-order valence-corrected chi connectivity index (χ3v) is 4.66. The second kappa shape index (κ2) is 6.49. The lowest BCUT2D eigenvalue weighted by Gasteiger charge is -2.17. The number of rotatable bonds is 5. The summed E-state index contributed by atoms with van der Waals surface area (Å²) in [7, 11) is 0. The predicted octanol–water partition coefficient (Wildman–Crippen LogP) is 4.20. The van der Waals surface area contributed by atoms with Gasteiger partial charge in [-0.3, -0.25) is 0 Å². The summed E-state index contributed by atoms with van der Waals surface area (Å²) in [4.78, 5) is 4.41. The molecule has 1 aromatic rings. The normalized spacial score (nSPS) is 12.5. The number of alkyl halides is 1. The van der Waals surface area contributed by atoms with Gasteiger partial charge in [-0.05, 0) is 25.0 Å². The van der Waals surface area contributed by atoms with E-state index in [1.807, 2.05) is 18.0 Å². The largest absolute Gasteiger partial charge is 0.240 e. The summed E-state index contributed by atoms with van der Waals surface area (Å²) in [5.41, 5.74) is 1.33. The van der Waals surface area contributed by atoms with Crippen LogP contribution in [-0.2, 0) is 9.84 Å². The molecule has 0 aromatic carbocycles. The number of halogens is 1. The first-order valence-corrected chi connectivity index (χ1v) is 8.62. The van der Waals surface area contributed by atoms with Crippen LogP contribution in [0.4, 0.5) is 0 Å². The van der Waals surface area contributed by atoms with Crippen molar-refractivity contribution in [3.05, 3.63) is 17.7 Å². The highest BCUT2D eigenvalue weighted by atomic mass is 127. The van der Waals surface area contributed by atoms with E-state index in [1.165, 1.54) is 0 Å². The summed E-state index contributed by atoms with van der Waals surface area (Å²) in [6.45, 7) is 10.9. The van der Waals surface area contributed by atoms with E-state index in [0.29, 0.717) is 5.41 Å². The molecule has 106 valence electrons. The van der Waals surface area contributed by atoms with Crippen molar-refractivity contribution in [2.24, 2.45) is 5.41 Å². The summed E-state index contributed by atoms with van der Waals surface area (Å²) in [5, 5.41) is 9.30. The van der Waals surface area contributed by atoms with Crippen LogP contribution in [0.3, 0.4) is 0 Å². The lowest BCUT2D eigenvalue weighted by molar-refractivity contribution is 0.480. The lowest BCUT2D eigenvalue weighted by atomic mass is 10.0. The predicted molar refractivity (Wildman–Crippen MR) is 90.8 cm³/mol. The van der Waals surface area contributed by atoms with E-state index in [1.54, 1.807) is 4.57 Å². The average Bonchev–Trinajstić information content (AvgIpc) is 2.65. The van der Waals surface area contributed by atoms with Crippen LogP contribution in [0.2, 0.25) is 0 Å². The van der Waals surface area contributed by atoms with Crippen LogP contribution in [0.15, 0.2) is 6.20 Å². The Balaban J connectivity index is 2.66. The molecule has 0 aliphatic carbocycles. The van der Waals surface area contributed by atoms with E-state index in [4.69, 9.17) is 0 Å². The molecule has 0 N–H and O–H groups in total. The lowest BCUT2D eigenvalue weighted by Crippen LogP contribution is -2.14. The van der Waals surface area contributed by atoms with Crippen LogP contribution in [0.5, 0.6) is 0 Å². The summed E-state index contributed by atoms with van der Waals surface area (Å²) in [6.07, 6.45) is 4.93. The summed E-state index contributed by atoms with van der Waals surface area (Å²) < 4.78 is 1.61. The molecule has 0 bridgehead atoms. The van der Waals surface area contributed by atoms with Crippen molar-refractivity contribution >= 4 is 34.4 Å². The van der Waals surface area contributed by atoms with Crippen molar-refractivity contribution in [3.8, 4) is 6.19 Å². The fourth-order valence-electron chi connectivity index (χ4n) is 1.64. The van der Waals surface area contributed by atoms with Crippen LogP contribution < -0.4 is 0 Å². The third kappa shape index (κ3) is 5.35. The Morgan fingerprint density at radius 2 is 2.00 bits per heavy atom. The fourth-order valence-corrected chi connectivity index (χ4v) is 3.10. The molecular weight excluding hydrogens is 369 g/mol. The standard InChI is InChI=1S/C14H22IN3S/c1-13(2,3)9-19-7-6-12-17-8-11(14(4,5)15)18(12)10-16/h8H,6-7,9H2,1-5H3. The number of thioether (sulfide) groups is 1. The second-order valence-electron chi connectivity index (χ2n) is 6.33. The van der Waals surface area contributed by atoms with Crippen LogP contribution in [0.25, 0.3) is 0 Å². The van der Waals surface area contributed by atoms with Gasteiger partial charge in [-0.1, -0.05) is 43.4 Å². The minimum Gasteiger partial charge on any atom is -0.240 e. The van der Waals surface area contributed by atoms with Crippen molar-refractivity contribution in [3.63, 3.8) is 0 Å². The Bertz CT molecular complexity index is 461. The molecule has 1 rings (SSSR count). The van der Waals surface area contributed by atoms with E-state index in [-0.39, 0.29) is 3.42 Å². The van der Waals surface area contributed by atoms with Crippen molar-refractivity contribution in [1.29, 1.82) is 5.26 Å². The van der Waals surface area contributed by atoms with Gasteiger partial charge in [0.15, 0.2) is 6.19 Å². The van der Waals surface area contributed by atoms with E-state index in [2.05, 4.69) is 68.4 Å². The first-order valence-electron chi connectivity index (χ1n) is 6.39. The van der Waals surface area contributed by atoms with E-state index < -0.39 is 0 Å². The van der Waals surface area contributed by atoms with Crippen LogP contribution in [-0.4, -0.2) is 21.1 Å². The first kappa shape index (κ1) is 16.8. The average molecular weight is 391 g/mol. The molecule has 0 saturated heterocycles. The van der Waals surface area contributed by atoms with E-state index in [9.17, 15) is 5.26 Å². The maximum Gasteiger partial charge on any atom is 0.190 e. The molecule has 0 aliphatic rings. The Morgan fingerprint density at radius 3 is 2.47 bits per heavy atom. The number of nitrogens with zero attached hydrogens (tertiary/aromatic N) is 3. The molecule has 3 nitrogen and oxygen atoms in total. The summed E-state index contributed by atoms with van der Waals surface area (Å²) in [5.74, 6) is 3.02. The number of aromatic nitrogens is 2. The molecule has 5 heteroatoms. The highest BCUT2D eigenvalue weighted by Crippen LogP contribution is 2.31. The van der Waals surface area contributed by atoms with E-state index >= 15 is 0 Å². The molecule has 0 radical (unpaired) electrons. The number of hydrogen-bond donors (Lipinski definition) is 0. The molecule has 0 aliphatic heterocycles. The number of hydrogen-bond acceptors (Lipinski definition) is 3. The zero-order valence-corrected chi connectivity index (χ0v) is 15.3. The van der Waals surface area contributed by atoms with Gasteiger partial charge in [0.05, 0.1) is 15.3 Å². The molecule has 0 saturated carbocycles. The molecular formula is C14H22IN3S. The van der Waals surface area contributed by atoms with Crippen LogP contribution in [0, 0.1) is 16.9 Å². The third-order valence-electron chi connectivity index (χ3n) is 2.55. The van der Waals surface area contributed by atoms with Crippen molar-refractivity contribution in [1.82, 2.24) is 9.55 Å². The van der Waals surface area contributed by atoms with Gasteiger partial charge in [0.25, 0.3) is 0 Å². The first-order chi connectivity index (χ1) is 8.65.